The number of nitrogens with zero attached hydrogens (tertiary/aromatic N) is 2. The molecule has 0 bridgehead atoms. The summed E-state index contributed by atoms with van der Waals surface area (Å²) in [6.45, 7) is 11.5. The minimum Gasteiger partial charge on any atom is -0.369 e. The number of hydrogen-bond acceptors (Lipinski definition) is 2. The van der Waals surface area contributed by atoms with Gasteiger partial charge in [0, 0.05) is 31.9 Å². The topological polar surface area (TPSA) is 6.48 Å². The van der Waals surface area contributed by atoms with E-state index in [1.165, 1.54) is 30.8 Å². The van der Waals surface area contributed by atoms with Crippen LogP contribution in [0.25, 0.3) is 0 Å². The molecule has 1 aliphatic heterocycles. The third-order valence-corrected chi connectivity index (χ3v) is 4.40. The number of anilines is 1. The van der Waals surface area contributed by atoms with Gasteiger partial charge in [-0.15, -0.1) is 0 Å². The van der Waals surface area contributed by atoms with Gasteiger partial charge in [-0.3, -0.25) is 0 Å². The predicted octanol–water partition coefficient (Wildman–Crippen LogP) is 3.13. The summed E-state index contributed by atoms with van der Waals surface area (Å²) < 4.78 is 0. The molecule has 100 valence electrons. The molecule has 0 saturated carbocycles. The van der Waals surface area contributed by atoms with Gasteiger partial charge in [0.15, 0.2) is 0 Å². The van der Waals surface area contributed by atoms with Crippen LogP contribution in [-0.2, 0) is 5.41 Å². The molecule has 0 aliphatic carbocycles. The highest BCUT2D eigenvalue weighted by molar-refractivity contribution is 5.49. The van der Waals surface area contributed by atoms with Crippen molar-refractivity contribution in [2.75, 3.05) is 38.1 Å². The fraction of sp³-hybridized carbons (Fsp3) is 0.625. The van der Waals surface area contributed by atoms with Crippen LogP contribution >= 0.6 is 0 Å². The van der Waals surface area contributed by atoms with E-state index in [4.69, 9.17) is 0 Å². The number of benzene rings is 1. The lowest BCUT2D eigenvalue weighted by atomic mass is 9.82. The third-order valence-electron chi connectivity index (χ3n) is 4.40. The number of hydrogen-bond donors (Lipinski definition) is 0. The van der Waals surface area contributed by atoms with E-state index in [1.54, 1.807) is 0 Å². The summed E-state index contributed by atoms with van der Waals surface area (Å²) in [5.41, 5.74) is 3.11. The SMILES string of the molecule is CCC(C)(C)c1ccc(N2CCN(C)CC2)cc1. The molecule has 2 rings (SSSR count). The molecule has 2 heteroatoms. The van der Waals surface area contributed by atoms with Gasteiger partial charge in [0.25, 0.3) is 0 Å². The van der Waals surface area contributed by atoms with Crippen LogP contribution in [0.2, 0.25) is 0 Å². The predicted molar refractivity (Wildman–Crippen MR) is 79.5 cm³/mol. The summed E-state index contributed by atoms with van der Waals surface area (Å²) in [6, 6.07) is 9.18. The molecule has 2 nitrogen and oxygen atoms in total. The zero-order chi connectivity index (χ0) is 13.2. The molecule has 0 N–H and O–H groups in total. The van der Waals surface area contributed by atoms with Crippen molar-refractivity contribution >= 4 is 5.69 Å². The Balaban J connectivity index is 2.08. The standard InChI is InChI=1S/C16H26N2/c1-5-16(2,3)14-6-8-15(9-7-14)18-12-10-17(4)11-13-18/h6-9H,5,10-13H2,1-4H3. The molecule has 0 amide bonds. The van der Waals surface area contributed by atoms with E-state index in [9.17, 15) is 0 Å². The molecule has 1 saturated heterocycles. The first-order valence-corrected chi connectivity index (χ1v) is 7.07. The second kappa shape index (κ2) is 5.31. The minimum absolute atomic E-state index is 0.292. The minimum atomic E-state index is 0.292. The van der Waals surface area contributed by atoms with E-state index in [0.717, 1.165) is 13.1 Å². The van der Waals surface area contributed by atoms with Gasteiger partial charge in [0.2, 0.25) is 0 Å². The van der Waals surface area contributed by atoms with E-state index < -0.39 is 0 Å². The molecule has 0 unspecified atom stereocenters. The molecule has 0 atom stereocenters. The van der Waals surface area contributed by atoms with E-state index >= 15 is 0 Å². The van der Waals surface area contributed by atoms with Crippen molar-refractivity contribution in [1.29, 1.82) is 0 Å². The van der Waals surface area contributed by atoms with Gasteiger partial charge in [0.1, 0.15) is 0 Å². The summed E-state index contributed by atoms with van der Waals surface area (Å²) >= 11 is 0. The zero-order valence-corrected chi connectivity index (χ0v) is 12.2. The molecule has 1 aliphatic rings. The first-order valence-electron chi connectivity index (χ1n) is 7.07. The van der Waals surface area contributed by atoms with Crippen LogP contribution in [0.1, 0.15) is 32.8 Å². The van der Waals surface area contributed by atoms with Crippen molar-refractivity contribution in [2.24, 2.45) is 0 Å². The molecule has 1 heterocycles. The summed E-state index contributed by atoms with van der Waals surface area (Å²) in [5, 5.41) is 0. The highest BCUT2D eigenvalue weighted by atomic mass is 15.2. The van der Waals surface area contributed by atoms with Crippen molar-refractivity contribution in [1.82, 2.24) is 4.90 Å². The van der Waals surface area contributed by atoms with Crippen LogP contribution in [0.3, 0.4) is 0 Å². The van der Waals surface area contributed by atoms with Gasteiger partial charge in [-0.25, -0.2) is 0 Å². The highest BCUT2D eigenvalue weighted by Gasteiger charge is 2.19. The van der Waals surface area contributed by atoms with Gasteiger partial charge in [-0.2, -0.15) is 0 Å². The average Bonchev–Trinajstić information content (AvgIpc) is 2.40. The highest BCUT2D eigenvalue weighted by Crippen LogP contribution is 2.28. The lowest BCUT2D eigenvalue weighted by molar-refractivity contribution is 0.313. The second-order valence-electron chi connectivity index (χ2n) is 6.07. The van der Waals surface area contributed by atoms with Crippen molar-refractivity contribution in [3.63, 3.8) is 0 Å². The number of likely N-dealkylation sites (N-methyl/N-ethyl adjacent to an activating group) is 1. The molecule has 0 spiro atoms. The van der Waals surface area contributed by atoms with Crippen molar-refractivity contribution in [2.45, 2.75) is 32.6 Å². The van der Waals surface area contributed by atoms with Crippen LogP contribution in [0.5, 0.6) is 0 Å². The van der Waals surface area contributed by atoms with E-state index in [2.05, 4.69) is 61.9 Å². The van der Waals surface area contributed by atoms with Crippen LogP contribution in [0.15, 0.2) is 24.3 Å². The first kappa shape index (κ1) is 13.4. The van der Waals surface area contributed by atoms with Gasteiger partial charge in [-0.05, 0) is 36.6 Å². The quantitative estimate of drug-likeness (QED) is 0.808. The van der Waals surface area contributed by atoms with Gasteiger partial charge in [0.05, 0.1) is 0 Å². The Kier molecular flexibility index (Phi) is 3.96. The Hall–Kier alpha value is -1.02. The monoisotopic (exact) mass is 246 g/mol. The molecular formula is C16H26N2. The van der Waals surface area contributed by atoms with Crippen molar-refractivity contribution in [3.8, 4) is 0 Å². The maximum absolute atomic E-state index is 2.49. The Bertz CT molecular complexity index is 373. The molecular weight excluding hydrogens is 220 g/mol. The van der Waals surface area contributed by atoms with Crippen molar-refractivity contribution < 1.29 is 0 Å². The third kappa shape index (κ3) is 2.86. The number of rotatable bonds is 3. The molecule has 18 heavy (non-hydrogen) atoms. The Morgan fingerprint density at radius 1 is 1.00 bits per heavy atom. The fourth-order valence-electron chi connectivity index (χ4n) is 2.39. The van der Waals surface area contributed by atoms with E-state index in [1.807, 2.05) is 0 Å². The van der Waals surface area contributed by atoms with E-state index in [-0.39, 0.29) is 0 Å². The molecule has 1 fully saturated rings. The maximum atomic E-state index is 2.49. The second-order valence-corrected chi connectivity index (χ2v) is 6.07. The summed E-state index contributed by atoms with van der Waals surface area (Å²) in [5.74, 6) is 0. The largest absolute Gasteiger partial charge is 0.369 e. The van der Waals surface area contributed by atoms with Crippen LogP contribution in [-0.4, -0.2) is 38.1 Å². The summed E-state index contributed by atoms with van der Waals surface area (Å²) in [4.78, 5) is 4.88. The van der Waals surface area contributed by atoms with Gasteiger partial charge < -0.3 is 9.80 Å². The first-order chi connectivity index (χ1) is 8.53. The van der Waals surface area contributed by atoms with Crippen LogP contribution in [0, 0.1) is 0 Å². The van der Waals surface area contributed by atoms with Gasteiger partial charge in [-0.1, -0.05) is 32.9 Å². The molecule has 1 aromatic rings. The van der Waals surface area contributed by atoms with E-state index in [0.29, 0.717) is 5.41 Å². The summed E-state index contributed by atoms with van der Waals surface area (Å²) in [7, 11) is 2.20. The zero-order valence-electron chi connectivity index (χ0n) is 12.2. The maximum Gasteiger partial charge on any atom is 0.0367 e. The fourth-order valence-corrected chi connectivity index (χ4v) is 2.39. The molecule has 0 radical (unpaired) electrons. The smallest absolute Gasteiger partial charge is 0.0367 e. The lowest BCUT2D eigenvalue weighted by Crippen LogP contribution is -2.44. The Morgan fingerprint density at radius 3 is 2.06 bits per heavy atom. The van der Waals surface area contributed by atoms with Crippen molar-refractivity contribution in [3.05, 3.63) is 29.8 Å². The average molecular weight is 246 g/mol. The Labute approximate surface area is 112 Å². The Morgan fingerprint density at radius 2 is 1.56 bits per heavy atom. The van der Waals surface area contributed by atoms with Crippen LogP contribution in [0.4, 0.5) is 5.69 Å². The van der Waals surface area contributed by atoms with Gasteiger partial charge >= 0.3 is 0 Å². The lowest BCUT2D eigenvalue weighted by Gasteiger charge is -2.34. The normalized spacial score (nSPS) is 18.1. The number of piperazine rings is 1. The summed E-state index contributed by atoms with van der Waals surface area (Å²) in [6.07, 6.45) is 1.18. The molecule has 1 aromatic carbocycles. The molecule has 0 aromatic heterocycles. The van der Waals surface area contributed by atoms with Crippen LogP contribution < -0.4 is 4.90 Å².